The number of carbonyl (C=O) groups excluding carboxylic acids is 2. The van der Waals surface area contributed by atoms with Gasteiger partial charge in [-0.3, -0.25) is 13.9 Å². The number of sulfonamides is 1. The van der Waals surface area contributed by atoms with E-state index in [-0.39, 0.29) is 18.1 Å². The summed E-state index contributed by atoms with van der Waals surface area (Å²) in [5, 5.41) is 2.55. The Kier molecular flexibility index (Phi) is 9.84. The molecule has 0 bridgehead atoms. The molecule has 8 nitrogen and oxygen atoms in total. The quantitative estimate of drug-likeness (QED) is 0.377. The summed E-state index contributed by atoms with van der Waals surface area (Å²) in [6, 6.07) is 20.7. The zero-order chi connectivity index (χ0) is 27.7. The molecular weight excluding hydrogens is 509 g/mol. The smallest absolute Gasteiger partial charge is 0.244 e. The fraction of sp³-hybridized carbons (Fsp3) is 0.286. The number of rotatable bonds is 12. The Morgan fingerprint density at radius 1 is 0.947 bits per heavy atom. The van der Waals surface area contributed by atoms with Crippen molar-refractivity contribution in [3.63, 3.8) is 0 Å². The number of nitrogens with zero attached hydrogens (tertiary/aromatic N) is 2. The van der Waals surface area contributed by atoms with E-state index >= 15 is 0 Å². The first-order chi connectivity index (χ1) is 18.1. The molecule has 0 fully saturated rings. The van der Waals surface area contributed by atoms with Crippen LogP contribution in [0.3, 0.4) is 0 Å². The number of halogens is 1. The van der Waals surface area contributed by atoms with Crippen LogP contribution >= 0.6 is 0 Å². The highest BCUT2D eigenvalue weighted by Crippen LogP contribution is 2.23. The molecule has 0 aliphatic rings. The van der Waals surface area contributed by atoms with Crippen LogP contribution in [0.5, 0.6) is 5.75 Å². The van der Waals surface area contributed by atoms with Crippen molar-refractivity contribution in [2.45, 2.75) is 32.5 Å². The normalized spacial score (nSPS) is 11.9. The Bertz CT molecular complexity index is 1320. The number of anilines is 1. The van der Waals surface area contributed by atoms with E-state index in [2.05, 4.69) is 5.32 Å². The molecule has 0 saturated carbocycles. The van der Waals surface area contributed by atoms with Gasteiger partial charge >= 0.3 is 0 Å². The highest BCUT2D eigenvalue weighted by molar-refractivity contribution is 7.92. The van der Waals surface area contributed by atoms with Gasteiger partial charge in [0.05, 0.1) is 11.9 Å². The monoisotopic (exact) mass is 541 g/mol. The van der Waals surface area contributed by atoms with Crippen molar-refractivity contribution in [3.05, 3.63) is 95.8 Å². The minimum absolute atomic E-state index is 0.00884. The average Bonchev–Trinajstić information content (AvgIpc) is 2.91. The lowest BCUT2D eigenvalue weighted by Gasteiger charge is -2.32. The van der Waals surface area contributed by atoms with Crippen LogP contribution in [0.2, 0.25) is 0 Å². The van der Waals surface area contributed by atoms with E-state index in [1.807, 2.05) is 30.3 Å². The van der Waals surface area contributed by atoms with Gasteiger partial charge in [-0.05, 0) is 53.9 Å². The summed E-state index contributed by atoms with van der Waals surface area (Å²) < 4.78 is 45.6. The third kappa shape index (κ3) is 7.79. The van der Waals surface area contributed by atoms with Gasteiger partial charge in [0.25, 0.3) is 0 Å². The SMILES string of the molecule is CC[C@H](C(=O)NC)N(Cc1ccc(F)cc1)C(=O)CN(c1ccc(OCc2ccccc2)cc1)S(C)(=O)=O. The van der Waals surface area contributed by atoms with Crippen LogP contribution in [-0.4, -0.2) is 51.0 Å². The molecule has 38 heavy (non-hydrogen) atoms. The van der Waals surface area contributed by atoms with Crippen molar-refractivity contribution in [3.8, 4) is 5.75 Å². The minimum atomic E-state index is -3.86. The number of hydrogen-bond acceptors (Lipinski definition) is 5. The van der Waals surface area contributed by atoms with E-state index in [1.165, 1.54) is 36.2 Å². The molecule has 3 aromatic rings. The number of amides is 2. The molecule has 0 spiro atoms. The lowest BCUT2D eigenvalue weighted by Crippen LogP contribution is -2.51. The standard InChI is InChI=1S/C28H32FN3O5S/c1-4-26(28(34)30-2)31(18-21-10-12-23(29)13-11-21)27(33)19-32(38(3,35)36)24-14-16-25(17-15-24)37-20-22-8-6-5-7-9-22/h5-17,26H,4,18-20H2,1-3H3,(H,30,34)/t26-/m1/s1. The number of carbonyl (C=O) groups is 2. The lowest BCUT2D eigenvalue weighted by atomic mass is 10.1. The molecule has 0 aromatic heterocycles. The van der Waals surface area contributed by atoms with Crippen molar-refractivity contribution < 1.29 is 27.1 Å². The van der Waals surface area contributed by atoms with Crippen LogP contribution in [0.15, 0.2) is 78.9 Å². The largest absolute Gasteiger partial charge is 0.489 e. The first kappa shape index (κ1) is 28.6. The summed E-state index contributed by atoms with van der Waals surface area (Å²) in [7, 11) is -2.39. The predicted molar refractivity (Wildman–Crippen MR) is 145 cm³/mol. The molecule has 0 aliphatic heterocycles. The predicted octanol–water partition coefficient (Wildman–Crippen LogP) is 3.72. The van der Waals surface area contributed by atoms with Crippen LogP contribution in [0.1, 0.15) is 24.5 Å². The van der Waals surface area contributed by atoms with Crippen molar-refractivity contribution in [1.82, 2.24) is 10.2 Å². The second-order valence-corrected chi connectivity index (χ2v) is 10.6. The molecule has 0 aliphatic carbocycles. The maximum Gasteiger partial charge on any atom is 0.244 e. The summed E-state index contributed by atoms with van der Waals surface area (Å²) in [5.41, 5.74) is 1.87. The van der Waals surface area contributed by atoms with Crippen LogP contribution in [0, 0.1) is 5.82 Å². The summed E-state index contributed by atoms with van der Waals surface area (Å²) in [5.74, 6) is -0.834. The van der Waals surface area contributed by atoms with Crippen molar-refractivity contribution in [2.75, 3.05) is 24.2 Å². The van der Waals surface area contributed by atoms with E-state index in [9.17, 15) is 22.4 Å². The first-order valence-corrected chi connectivity index (χ1v) is 14.0. The van der Waals surface area contributed by atoms with Crippen molar-refractivity contribution in [2.24, 2.45) is 0 Å². The minimum Gasteiger partial charge on any atom is -0.489 e. The molecule has 0 saturated heterocycles. The fourth-order valence-electron chi connectivity index (χ4n) is 3.94. The van der Waals surface area contributed by atoms with Crippen LogP contribution in [-0.2, 0) is 32.8 Å². The number of ether oxygens (including phenoxy) is 1. The molecule has 1 atom stereocenters. The number of hydrogen-bond donors (Lipinski definition) is 1. The molecule has 10 heteroatoms. The maximum absolute atomic E-state index is 13.5. The Hall–Kier alpha value is -3.92. The molecule has 202 valence electrons. The molecular formula is C28H32FN3O5S. The Balaban J connectivity index is 1.83. The summed E-state index contributed by atoms with van der Waals surface area (Å²) in [6.45, 7) is 1.60. The van der Waals surface area contributed by atoms with Crippen molar-refractivity contribution in [1.29, 1.82) is 0 Å². The Labute approximate surface area is 223 Å². The van der Waals surface area contributed by atoms with Crippen LogP contribution in [0.4, 0.5) is 10.1 Å². The maximum atomic E-state index is 13.5. The van der Waals surface area contributed by atoms with Gasteiger partial charge in [-0.25, -0.2) is 12.8 Å². The molecule has 3 rings (SSSR count). The van der Waals surface area contributed by atoms with Gasteiger partial charge in [-0.15, -0.1) is 0 Å². The first-order valence-electron chi connectivity index (χ1n) is 12.1. The van der Waals surface area contributed by atoms with Crippen molar-refractivity contribution >= 4 is 27.5 Å². The highest BCUT2D eigenvalue weighted by Gasteiger charge is 2.31. The van der Waals surface area contributed by atoms with Gasteiger partial charge in [0, 0.05) is 13.6 Å². The van der Waals surface area contributed by atoms with Crippen LogP contribution in [0.25, 0.3) is 0 Å². The number of likely N-dealkylation sites (N-methyl/N-ethyl adjacent to an activating group) is 1. The van der Waals surface area contributed by atoms with Gasteiger partial charge in [0.1, 0.15) is 30.8 Å². The number of benzene rings is 3. The molecule has 1 N–H and O–H groups in total. The molecule has 3 aromatic carbocycles. The summed E-state index contributed by atoms with van der Waals surface area (Å²) in [4.78, 5) is 27.4. The zero-order valence-corrected chi connectivity index (χ0v) is 22.4. The molecule has 0 radical (unpaired) electrons. The van der Waals surface area contributed by atoms with Gasteiger partial charge in [-0.2, -0.15) is 0 Å². The molecule has 2 amide bonds. The van der Waals surface area contributed by atoms with Gasteiger partial charge in [0.2, 0.25) is 21.8 Å². The average molecular weight is 542 g/mol. The second kappa shape index (κ2) is 13.0. The van der Waals surface area contributed by atoms with Gasteiger partial charge in [-0.1, -0.05) is 49.4 Å². The highest BCUT2D eigenvalue weighted by atomic mass is 32.2. The zero-order valence-electron chi connectivity index (χ0n) is 21.6. The summed E-state index contributed by atoms with van der Waals surface area (Å²) in [6.07, 6.45) is 1.32. The van der Waals surface area contributed by atoms with E-state index < -0.39 is 34.3 Å². The summed E-state index contributed by atoms with van der Waals surface area (Å²) >= 11 is 0. The molecule has 0 heterocycles. The van der Waals surface area contributed by atoms with E-state index in [0.29, 0.717) is 24.3 Å². The third-order valence-electron chi connectivity index (χ3n) is 5.95. The van der Waals surface area contributed by atoms with E-state index in [1.54, 1.807) is 31.2 Å². The number of nitrogens with one attached hydrogen (secondary N) is 1. The van der Waals surface area contributed by atoms with E-state index in [0.717, 1.165) is 16.1 Å². The van der Waals surface area contributed by atoms with Gasteiger partial charge < -0.3 is 15.0 Å². The Morgan fingerprint density at radius 2 is 1.58 bits per heavy atom. The third-order valence-corrected chi connectivity index (χ3v) is 7.09. The topological polar surface area (TPSA) is 96.0 Å². The second-order valence-electron chi connectivity index (χ2n) is 8.72. The lowest BCUT2D eigenvalue weighted by molar-refractivity contribution is -0.140. The Morgan fingerprint density at radius 3 is 2.13 bits per heavy atom. The van der Waals surface area contributed by atoms with E-state index in [4.69, 9.17) is 4.74 Å². The van der Waals surface area contributed by atoms with Gasteiger partial charge in [0.15, 0.2) is 0 Å². The van der Waals surface area contributed by atoms with Crippen LogP contribution < -0.4 is 14.4 Å². The molecule has 0 unspecified atom stereocenters. The fourth-order valence-corrected chi connectivity index (χ4v) is 4.79.